The highest BCUT2D eigenvalue weighted by Crippen LogP contribution is 1.98. The van der Waals surface area contributed by atoms with Crippen molar-refractivity contribution in [2.45, 2.75) is 6.54 Å². The van der Waals surface area contributed by atoms with E-state index in [2.05, 4.69) is 40.1 Å². The van der Waals surface area contributed by atoms with Crippen molar-refractivity contribution in [3.05, 3.63) is 24.5 Å². The molecule has 1 aromatic rings. The van der Waals surface area contributed by atoms with Crippen LogP contribution in [0.4, 0.5) is 5.69 Å². The summed E-state index contributed by atoms with van der Waals surface area (Å²) >= 11 is 0. The topological polar surface area (TPSA) is 43.5 Å². The van der Waals surface area contributed by atoms with Crippen molar-refractivity contribution in [1.29, 1.82) is 0 Å². The van der Waals surface area contributed by atoms with Crippen molar-refractivity contribution in [2.75, 3.05) is 18.9 Å². The summed E-state index contributed by atoms with van der Waals surface area (Å²) in [5, 5.41) is 3.07. The molecule has 0 radical (unpaired) electrons. The van der Waals surface area contributed by atoms with Gasteiger partial charge in [0.15, 0.2) is 18.9 Å². The Bertz CT molecular complexity index is 205. The van der Waals surface area contributed by atoms with E-state index in [-0.39, 0.29) is 0 Å². The minimum absolute atomic E-state index is 0.934. The van der Waals surface area contributed by atoms with Gasteiger partial charge in [0.05, 0.1) is 0 Å². The van der Waals surface area contributed by atoms with Crippen LogP contribution in [0.15, 0.2) is 24.5 Å². The van der Waals surface area contributed by atoms with E-state index in [1.54, 1.807) is 0 Å². The van der Waals surface area contributed by atoms with Gasteiger partial charge in [-0.15, -0.1) is 0 Å². The molecular weight excluding hydrogens is 138 g/mol. The molecule has 1 rings (SSSR count). The Kier molecular flexibility index (Phi) is 2.86. The maximum absolute atomic E-state index is 3.79. The summed E-state index contributed by atoms with van der Waals surface area (Å²) < 4.78 is 2.12. The van der Waals surface area contributed by atoms with Gasteiger partial charge in [-0.3, -0.25) is 0 Å². The molecule has 0 aliphatic rings. The SMILES string of the molecule is CNc1cc[n+](CC[NH3+])cc1. The fourth-order valence-corrected chi connectivity index (χ4v) is 0.956. The number of nitrogens with one attached hydrogen (secondary N) is 1. The van der Waals surface area contributed by atoms with E-state index in [4.69, 9.17) is 0 Å². The van der Waals surface area contributed by atoms with Gasteiger partial charge in [-0.2, -0.15) is 4.57 Å². The lowest BCUT2D eigenvalue weighted by atomic mass is 10.4. The molecule has 0 saturated carbocycles. The van der Waals surface area contributed by atoms with Crippen LogP contribution in [-0.2, 0) is 6.54 Å². The molecule has 11 heavy (non-hydrogen) atoms. The van der Waals surface area contributed by atoms with Crippen molar-refractivity contribution in [3.8, 4) is 0 Å². The molecule has 0 fully saturated rings. The van der Waals surface area contributed by atoms with Crippen LogP contribution in [0, 0.1) is 0 Å². The molecular formula is C8H15N3+2. The molecule has 0 spiro atoms. The maximum atomic E-state index is 3.79. The quantitative estimate of drug-likeness (QED) is 0.552. The zero-order valence-corrected chi connectivity index (χ0v) is 6.88. The third-order valence-corrected chi connectivity index (χ3v) is 1.60. The van der Waals surface area contributed by atoms with E-state index < -0.39 is 0 Å². The number of hydrogen-bond acceptors (Lipinski definition) is 1. The molecule has 60 valence electrons. The third-order valence-electron chi connectivity index (χ3n) is 1.60. The minimum Gasteiger partial charge on any atom is -0.388 e. The Morgan fingerprint density at radius 1 is 1.45 bits per heavy atom. The molecule has 0 bridgehead atoms. The van der Waals surface area contributed by atoms with E-state index in [1.165, 1.54) is 0 Å². The lowest BCUT2D eigenvalue weighted by Gasteiger charge is -1.96. The zero-order chi connectivity index (χ0) is 8.10. The van der Waals surface area contributed by atoms with Crippen molar-refractivity contribution in [2.24, 2.45) is 0 Å². The Hall–Kier alpha value is -1.09. The predicted octanol–water partition coefficient (Wildman–Crippen LogP) is -0.742. The zero-order valence-electron chi connectivity index (χ0n) is 6.88. The molecule has 0 aliphatic heterocycles. The molecule has 0 unspecified atom stereocenters. The molecule has 3 nitrogen and oxygen atoms in total. The van der Waals surface area contributed by atoms with Gasteiger partial charge in [0.2, 0.25) is 0 Å². The molecule has 1 heterocycles. The Morgan fingerprint density at radius 3 is 2.55 bits per heavy atom. The van der Waals surface area contributed by atoms with Crippen molar-refractivity contribution >= 4 is 5.69 Å². The average molecular weight is 153 g/mol. The molecule has 4 N–H and O–H groups in total. The number of hydrogen-bond donors (Lipinski definition) is 2. The third kappa shape index (κ3) is 2.20. The first kappa shape index (κ1) is 8.01. The normalized spacial score (nSPS) is 9.64. The number of aromatic nitrogens is 1. The average Bonchev–Trinajstić information content (AvgIpc) is 2.07. The summed E-state index contributed by atoms with van der Waals surface area (Å²) in [6.45, 7) is 1.92. The smallest absolute Gasteiger partial charge is 0.196 e. The minimum atomic E-state index is 0.934. The standard InChI is InChI=1S/C8H13N3/c1-10-8-2-5-11(6-3-8)7-4-9/h2-3,5-6H,4,7,9H2,1H3/p+2. The molecule has 0 saturated heterocycles. The van der Waals surface area contributed by atoms with Crippen LogP contribution in [0.2, 0.25) is 0 Å². The predicted molar refractivity (Wildman–Crippen MR) is 43.9 cm³/mol. The van der Waals surface area contributed by atoms with Gasteiger partial charge in [-0.25, -0.2) is 0 Å². The lowest BCUT2D eigenvalue weighted by Crippen LogP contribution is -2.56. The van der Waals surface area contributed by atoms with E-state index in [1.807, 2.05) is 7.05 Å². The van der Waals surface area contributed by atoms with E-state index in [0.717, 1.165) is 18.8 Å². The van der Waals surface area contributed by atoms with Gasteiger partial charge >= 0.3 is 0 Å². The summed E-state index contributed by atoms with van der Waals surface area (Å²) in [6, 6.07) is 4.10. The maximum Gasteiger partial charge on any atom is 0.196 e. The van der Waals surface area contributed by atoms with Gasteiger partial charge in [0.1, 0.15) is 6.54 Å². The molecule has 0 aromatic carbocycles. The van der Waals surface area contributed by atoms with Gasteiger partial charge in [-0.05, 0) is 0 Å². The Morgan fingerprint density at radius 2 is 2.09 bits per heavy atom. The van der Waals surface area contributed by atoms with Crippen LogP contribution in [0.25, 0.3) is 0 Å². The van der Waals surface area contributed by atoms with Crippen LogP contribution in [0.3, 0.4) is 0 Å². The van der Waals surface area contributed by atoms with Crippen molar-refractivity contribution in [1.82, 2.24) is 0 Å². The number of anilines is 1. The van der Waals surface area contributed by atoms with Gasteiger partial charge < -0.3 is 11.1 Å². The Balaban J connectivity index is 2.66. The molecule has 0 amide bonds. The highest BCUT2D eigenvalue weighted by Gasteiger charge is 1.97. The Labute approximate surface area is 66.8 Å². The molecule has 1 aromatic heterocycles. The second kappa shape index (κ2) is 3.93. The van der Waals surface area contributed by atoms with Crippen LogP contribution < -0.4 is 15.6 Å². The highest BCUT2D eigenvalue weighted by molar-refractivity contribution is 5.38. The summed E-state index contributed by atoms with van der Waals surface area (Å²) in [7, 11) is 1.92. The summed E-state index contributed by atoms with van der Waals surface area (Å²) in [5.74, 6) is 0. The van der Waals surface area contributed by atoms with E-state index >= 15 is 0 Å². The number of quaternary nitrogens is 1. The molecule has 0 atom stereocenters. The van der Waals surface area contributed by atoms with Gasteiger partial charge in [-0.1, -0.05) is 0 Å². The fourth-order valence-electron chi connectivity index (χ4n) is 0.956. The van der Waals surface area contributed by atoms with Crippen LogP contribution in [0.5, 0.6) is 0 Å². The highest BCUT2D eigenvalue weighted by atomic mass is 14.9. The lowest BCUT2D eigenvalue weighted by molar-refractivity contribution is -0.711. The van der Waals surface area contributed by atoms with E-state index in [0.29, 0.717) is 0 Å². The largest absolute Gasteiger partial charge is 0.388 e. The fraction of sp³-hybridized carbons (Fsp3) is 0.375. The number of rotatable bonds is 3. The first-order valence-corrected chi connectivity index (χ1v) is 3.83. The number of nitrogens with zero attached hydrogens (tertiary/aromatic N) is 1. The van der Waals surface area contributed by atoms with Gasteiger partial charge in [0, 0.05) is 24.9 Å². The summed E-state index contributed by atoms with van der Waals surface area (Å²) in [6.07, 6.45) is 4.11. The molecule has 0 aliphatic carbocycles. The monoisotopic (exact) mass is 153 g/mol. The van der Waals surface area contributed by atoms with Crippen LogP contribution in [-0.4, -0.2) is 13.6 Å². The van der Waals surface area contributed by atoms with Crippen molar-refractivity contribution < 1.29 is 10.3 Å². The second-order valence-corrected chi connectivity index (χ2v) is 2.43. The number of pyridine rings is 1. The van der Waals surface area contributed by atoms with Crippen molar-refractivity contribution in [3.63, 3.8) is 0 Å². The molecule has 3 heteroatoms. The van der Waals surface area contributed by atoms with E-state index in [9.17, 15) is 0 Å². The summed E-state index contributed by atoms with van der Waals surface area (Å²) in [5.41, 5.74) is 4.93. The first-order valence-electron chi connectivity index (χ1n) is 3.83. The van der Waals surface area contributed by atoms with Crippen LogP contribution >= 0.6 is 0 Å². The van der Waals surface area contributed by atoms with Crippen LogP contribution in [0.1, 0.15) is 0 Å². The summed E-state index contributed by atoms with van der Waals surface area (Å²) in [4.78, 5) is 0. The first-order chi connectivity index (χ1) is 5.36. The second-order valence-electron chi connectivity index (χ2n) is 2.43. The van der Waals surface area contributed by atoms with Gasteiger partial charge in [0.25, 0.3) is 0 Å².